The smallest absolute Gasteiger partial charge is 0.345 e. The van der Waals surface area contributed by atoms with Gasteiger partial charge in [-0.05, 0) is 11.8 Å². The molecule has 0 aliphatic heterocycles. The third-order valence-electron chi connectivity index (χ3n) is 3.05. The third-order valence-corrected chi connectivity index (χ3v) is 3.05. The SMILES string of the molecule is CCCC(C)C(=O)N[C@H](C(=O)NCC(F)(F)F)C(C)(C)C. The molecule has 0 aromatic rings. The van der Waals surface area contributed by atoms with Crippen LogP contribution in [0.4, 0.5) is 13.2 Å². The van der Waals surface area contributed by atoms with E-state index >= 15 is 0 Å². The number of carbonyl (C=O) groups excluding carboxylic acids is 2. The van der Waals surface area contributed by atoms with Gasteiger partial charge in [0.05, 0.1) is 0 Å². The molecule has 1 unspecified atom stereocenters. The Kier molecular flexibility index (Phi) is 7.19. The zero-order valence-corrected chi connectivity index (χ0v) is 13.2. The van der Waals surface area contributed by atoms with Crippen LogP contribution in [0.2, 0.25) is 0 Å². The van der Waals surface area contributed by atoms with E-state index in [1.54, 1.807) is 27.7 Å². The Bertz CT molecular complexity index is 362. The summed E-state index contributed by atoms with van der Waals surface area (Å²) < 4.78 is 36.5. The number of rotatable bonds is 6. The summed E-state index contributed by atoms with van der Waals surface area (Å²) in [7, 11) is 0. The Hall–Kier alpha value is -1.27. The van der Waals surface area contributed by atoms with Crippen molar-refractivity contribution in [1.29, 1.82) is 0 Å². The van der Waals surface area contributed by atoms with E-state index in [0.29, 0.717) is 6.42 Å². The van der Waals surface area contributed by atoms with E-state index in [9.17, 15) is 22.8 Å². The lowest BCUT2D eigenvalue weighted by atomic mass is 9.85. The van der Waals surface area contributed by atoms with Crippen LogP contribution in [-0.2, 0) is 9.59 Å². The molecule has 2 atom stereocenters. The minimum Gasteiger partial charge on any atom is -0.345 e. The van der Waals surface area contributed by atoms with Crippen molar-refractivity contribution in [3.63, 3.8) is 0 Å². The summed E-state index contributed by atoms with van der Waals surface area (Å²) in [5, 5.41) is 4.39. The minimum absolute atomic E-state index is 0.282. The van der Waals surface area contributed by atoms with Crippen molar-refractivity contribution in [1.82, 2.24) is 10.6 Å². The van der Waals surface area contributed by atoms with E-state index in [1.807, 2.05) is 12.2 Å². The molecular formula is C14H25F3N2O2. The molecule has 0 heterocycles. The fourth-order valence-electron chi connectivity index (χ4n) is 1.81. The highest BCUT2D eigenvalue weighted by molar-refractivity contribution is 5.89. The molecule has 0 spiro atoms. The predicted molar refractivity (Wildman–Crippen MR) is 74.5 cm³/mol. The van der Waals surface area contributed by atoms with Crippen LogP contribution in [-0.4, -0.2) is 30.6 Å². The highest BCUT2D eigenvalue weighted by atomic mass is 19.4. The van der Waals surface area contributed by atoms with Crippen molar-refractivity contribution >= 4 is 11.8 Å². The van der Waals surface area contributed by atoms with Crippen molar-refractivity contribution in [3.05, 3.63) is 0 Å². The third kappa shape index (κ3) is 7.92. The fourth-order valence-corrected chi connectivity index (χ4v) is 1.81. The number of hydrogen-bond acceptors (Lipinski definition) is 2. The van der Waals surface area contributed by atoms with Gasteiger partial charge in [-0.1, -0.05) is 41.0 Å². The standard InChI is InChI=1S/C14H25F3N2O2/c1-6-7-9(2)11(20)19-10(13(3,4)5)12(21)18-8-14(15,16)17/h9-10H,6-8H2,1-5H3,(H,18,21)(H,19,20)/t9?,10-/m1/s1. The van der Waals surface area contributed by atoms with Gasteiger partial charge in [-0.25, -0.2) is 0 Å². The maximum Gasteiger partial charge on any atom is 0.405 e. The number of halogens is 3. The van der Waals surface area contributed by atoms with Crippen molar-refractivity contribution in [3.8, 4) is 0 Å². The van der Waals surface area contributed by atoms with Crippen LogP contribution in [0.1, 0.15) is 47.5 Å². The van der Waals surface area contributed by atoms with Crippen LogP contribution >= 0.6 is 0 Å². The molecule has 0 bridgehead atoms. The van der Waals surface area contributed by atoms with Crippen LogP contribution in [0.15, 0.2) is 0 Å². The summed E-state index contributed by atoms with van der Waals surface area (Å²) in [6, 6.07) is -1.01. The Morgan fingerprint density at radius 3 is 2.00 bits per heavy atom. The number of carbonyl (C=O) groups is 2. The molecule has 0 aliphatic rings. The molecule has 0 aromatic heterocycles. The van der Waals surface area contributed by atoms with E-state index in [0.717, 1.165) is 6.42 Å². The van der Waals surface area contributed by atoms with Gasteiger partial charge in [-0.3, -0.25) is 9.59 Å². The number of alkyl halides is 3. The van der Waals surface area contributed by atoms with Crippen LogP contribution in [0.25, 0.3) is 0 Å². The van der Waals surface area contributed by atoms with Gasteiger partial charge in [0, 0.05) is 5.92 Å². The molecule has 4 nitrogen and oxygen atoms in total. The molecule has 0 aromatic carbocycles. The second-order valence-electron chi connectivity index (χ2n) is 6.33. The van der Waals surface area contributed by atoms with Gasteiger partial charge in [0.15, 0.2) is 0 Å². The molecule has 2 N–H and O–H groups in total. The Balaban J connectivity index is 4.82. The highest BCUT2D eigenvalue weighted by Gasteiger charge is 2.36. The molecule has 0 fully saturated rings. The molecule has 21 heavy (non-hydrogen) atoms. The molecule has 0 rings (SSSR count). The summed E-state index contributed by atoms with van der Waals surface area (Å²) in [4.78, 5) is 23.9. The second-order valence-corrected chi connectivity index (χ2v) is 6.33. The van der Waals surface area contributed by atoms with E-state index in [-0.39, 0.29) is 11.8 Å². The van der Waals surface area contributed by atoms with Crippen molar-refractivity contribution in [2.24, 2.45) is 11.3 Å². The topological polar surface area (TPSA) is 58.2 Å². The van der Waals surface area contributed by atoms with Gasteiger partial charge < -0.3 is 10.6 Å². The van der Waals surface area contributed by atoms with Crippen LogP contribution in [0.3, 0.4) is 0 Å². The van der Waals surface area contributed by atoms with Crippen LogP contribution < -0.4 is 10.6 Å². The summed E-state index contributed by atoms with van der Waals surface area (Å²) in [6.45, 7) is 7.33. The van der Waals surface area contributed by atoms with Gasteiger partial charge in [-0.2, -0.15) is 13.2 Å². The van der Waals surface area contributed by atoms with Gasteiger partial charge in [0.2, 0.25) is 11.8 Å². The first-order valence-electron chi connectivity index (χ1n) is 7.03. The van der Waals surface area contributed by atoms with Gasteiger partial charge >= 0.3 is 6.18 Å². The van der Waals surface area contributed by atoms with E-state index in [1.165, 1.54) is 0 Å². The summed E-state index contributed by atoms with van der Waals surface area (Å²) in [5.41, 5.74) is -0.683. The van der Waals surface area contributed by atoms with E-state index in [4.69, 9.17) is 0 Å². The highest BCUT2D eigenvalue weighted by Crippen LogP contribution is 2.21. The average Bonchev–Trinajstić information content (AvgIpc) is 2.30. The second kappa shape index (κ2) is 7.66. The quantitative estimate of drug-likeness (QED) is 0.792. The largest absolute Gasteiger partial charge is 0.405 e. The molecule has 0 aliphatic carbocycles. The van der Waals surface area contributed by atoms with Crippen LogP contribution in [0, 0.1) is 11.3 Å². The number of hydrogen-bond donors (Lipinski definition) is 2. The average molecular weight is 310 g/mol. The Morgan fingerprint density at radius 2 is 1.62 bits per heavy atom. The van der Waals surface area contributed by atoms with Gasteiger partial charge in [0.25, 0.3) is 0 Å². The molecule has 124 valence electrons. The summed E-state index contributed by atoms with van der Waals surface area (Å²) in [5.74, 6) is -1.42. The van der Waals surface area contributed by atoms with Crippen molar-refractivity contribution in [2.75, 3.05) is 6.54 Å². The Morgan fingerprint density at radius 1 is 1.10 bits per heavy atom. The first-order valence-corrected chi connectivity index (χ1v) is 7.03. The molecule has 0 saturated carbocycles. The molecule has 0 saturated heterocycles. The summed E-state index contributed by atoms with van der Waals surface area (Å²) in [6.07, 6.45) is -3.00. The molecule has 2 amide bonds. The first kappa shape index (κ1) is 19.7. The maximum absolute atomic E-state index is 12.2. The van der Waals surface area contributed by atoms with E-state index in [2.05, 4.69) is 5.32 Å². The predicted octanol–water partition coefficient (Wildman–Crippen LogP) is 2.63. The van der Waals surface area contributed by atoms with Crippen molar-refractivity contribution < 1.29 is 22.8 Å². The zero-order valence-electron chi connectivity index (χ0n) is 13.2. The molecule has 0 radical (unpaired) electrons. The normalized spacial score (nSPS) is 15.2. The minimum atomic E-state index is -4.47. The monoisotopic (exact) mass is 310 g/mol. The first-order chi connectivity index (χ1) is 9.38. The lowest BCUT2D eigenvalue weighted by molar-refractivity contribution is -0.142. The Labute approximate surface area is 123 Å². The number of amides is 2. The van der Waals surface area contributed by atoms with Crippen LogP contribution in [0.5, 0.6) is 0 Å². The van der Waals surface area contributed by atoms with Gasteiger partial charge in [-0.15, -0.1) is 0 Å². The zero-order chi connectivity index (χ0) is 16.8. The van der Waals surface area contributed by atoms with E-state index < -0.39 is 30.1 Å². The molecule has 7 heteroatoms. The maximum atomic E-state index is 12.2. The number of nitrogens with one attached hydrogen (secondary N) is 2. The van der Waals surface area contributed by atoms with Gasteiger partial charge in [0.1, 0.15) is 12.6 Å². The fraction of sp³-hybridized carbons (Fsp3) is 0.857. The van der Waals surface area contributed by atoms with Crippen molar-refractivity contribution in [2.45, 2.75) is 59.7 Å². The lowest BCUT2D eigenvalue weighted by Gasteiger charge is -2.31. The molecular weight excluding hydrogens is 285 g/mol. The summed E-state index contributed by atoms with van der Waals surface area (Å²) >= 11 is 0. The lowest BCUT2D eigenvalue weighted by Crippen LogP contribution is -2.55.